The predicted octanol–water partition coefficient (Wildman–Crippen LogP) is 2.01. The smallest absolute Gasteiger partial charge is 0.293 e. The zero-order chi connectivity index (χ0) is 11.9. The molecular formula is C11H7F3O2. The van der Waals surface area contributed by atoms with Crippen LogP contribution in [-0.2, 0) is 11.2 Å². The van der Waals surface area contributed by atoms with Gasteiger partial charge in [0.25, 0.3) is 6.43 Å². The molecule has 1 unspecified atom stereocenters. The zero-order valence-corrected chi connectivity index (χ0v) is 8.04. The number of rotatable bonds is 2. The number of carbonyl (C=O) groups is 2. The molecule has 1 aromatic carbocycles. The molecule has 0 aliphatic heterocycles. The average molecular weight is 228 g/mol. The number of hydrogen-bond acceptors (Lipinski definition) is 2. The number of fused-ring (bicyclic) bond motifs is 1. The van der Waals surface area contributed by atoms with Crippen molar-refractivity contribution in [2.75, 3.05) is 0 Å². The number of hydrogen-bond donors (Lipinski definition) is 0. The third-order valence-corrected chi connectivity index (χ3v) is 2.67. The van der Waals surface area contributed by atoms with Crippen LogP contribution in [0.15, 0.2) is 18.2 Å². The van der Waals surface area contributed by atoms with Crippen LogP contribution in [0.1, 0.15) is 15.9 Å². The van der Waals surface area contributed by atoms with Crippen molar-refractivity contribution >= 4 is 11.6 Å². The Kier molecular flexibility index (Phi) is 2.53. The lowest BCUT2D eigenvalue weighted by Crippen LogP contribution is -2.26. The fraction of sp³-hybridized carbons (Fsp3) is 0.273. The van der Waals surface area contributed by atoms with E-state index in [4.69, 9.17) is 0 Å². The molecule has 84 valence electrons. The summed E-state index contributed by atoms with van der Waals surface area (Å²) < 4.78 is 37.6. The van der Waals surface area contributed by atoms with E-state index in [1.54, 1.807) is 0 Å². The van der Waals surface area contributed by atoms with Gasteiger partial charge >= 0.3 is 0 Å². The van der Waals surface area contributed by atoms with Gasteiger partial charge in [-0.2, -0.15) is 0 Å². The van der Waals surface area contributed by atoms with Crippen molar-refractivity contribution in [2.24, 2.45) is 5.92 Å². The lowest BCUT2D eigenvalue weighted by molar-refractivity contribution is -0.131. The number of carbonyl (C=O) groups excluding carboxylic acids is 2. The number of halogens is 3. The minimum absolute atomic E-state index is 0.0407. The second kappa shape index (κ2) is 3.73. The summed E-state index contributed by atoms with van der Waals surface area (Å²) in [7, 11) is 0. The van der Waals surface area contributed by atoms with Crippen molar-refractivity contribution in [2.45, 2.75) is 12.8 Å². The molecule has 0 saturated carbocycles. The van der Waals surface area contributed by atoms with E-state index in [2.05, 4.69) is 0 Å². The van der Waals surface area contributed by atoms with Gasteiger partial charge in [0.2, 0.25) is 5.78 Å². The van der Waals surface area contributed by atoms with Crippen LogP contribution in [0.2, 0.25) is 0 Å². The summed E-state index contributed by atoms with van der Waals surface area (Å²) >= 11 is 0. The van der Waals surface area contributed by atoms with Gasteiger partial charge in [0.05, 0.1) is 5.92 Å². The van der Waals surface area contributed by atoms with Gasteiger partial charge in [0.15, 0.2) is 5.78 Å². The SMILES string of the molecule is O=C1c2cccc(F)c2CC1C(=O)C(F)F. The van der Waals surface area contributed by atoms with Gasteiger partial charge in [0.1, 0.15) is 5.82 Å². The van der Waals surface area contributed by atoms with E-state index >= 15 is 0 Å². The Morgan fingerprint density at radius 1 is 1.38 bits per heavy atom. The maximum Gasteiger partial charge on any atom is 0.296 e. The van der Waals surface area contributed by atoms with Gasteiger partial charge in [0, 0.05) is 5.56 Å². The molecule has 2 nitrogen and oxygen atoms in total. The predicted molar refractivity (Wildman–Crippen MR) is 48.9 cm³/mol. The van der Waals surface area contributed by atoms with Gasteiger partial charge in [-0.05, 0) is 18.1 Å². The van der Waals surface area contributed by atoms with Gasteiger partial charge in [-0.25, -0.2) is 13.2 Å². The van der Waals surface area contributed by atoms with E-state index < -0.39 is 29.7 Å². The molecule has 0 radical (unpaired) electrons. The van der Waals surface area contributed by atoms with Crippen LogP contribution in [0.25, 0.3) is 0 Å². The summed E-state index contributed by atoms with van der Waals surface area (Å²) in [6.07, 6.45) is -3.45. The highest BCUT2D eigenvalue weighted by Gasteiger charge is 2.40. The van der Waals surface area contributed by atoms with Gasteiger partial charge in [-0.15, -0.1) is 0 Å². The first kappa shape index (κ1) is 10.9. The molecule has 0 heterocycles. The highest BCUT2D eigenvalue weighted by molar-refractivity contribution is 6.14. The fourth-order valence-corrected chi connectivity index (χ4v) is 1.86. The first-order chi connectivity index (χ1) is 7.52. The lowest BCUT2D eigenvalue weighted by Gasteiger charge is -2.04. The maximum atomic E-state index is 13.3. The third-order valence-electron chi connectivity index (χ3n) is 2.67. The largest absolute Gasteiger partial charge is 0.296 e. The Balaban J connectivity index is 2.38. The van der Waals surface area contributed by atoms with E-state index in [-0.39, 0.29) is 17.5 Å². The summed E-state index contributed by atoms with van der Waals surface area (Å²) in [4.78, 5) is 22.6. The van der Waals surface area contributed by atoms with Crippen molar-refractivity contribution in [3.63, 3.8) is 0 Å². The van der Waals surface area contributed by atoms with Crippen molar-refractivity contribution in [1.29, 1.82) is 0 Å². The molecule has 5 heteroatoms. The molecule has 1 atom stereocenters. The topological polar surface area (TPSA) is 34.1 Å². The molecule has 0 bridgehead atoms. The van der Waals surface area contributed by atoms with Crippen molar-refractivity contribution in [3.8, 4) is 0 Å². The lowest BCUT2D eigenvalue weighted by atomic mass is 10.00. The fourth-order valence-electron chi connectivity index (χ4n) is 1.86. The molecule has 0 fully saturated rings. The number of benzene rings is 1. The van der Waals surface area contributed by atoms with Crippen LogP contribution in [0.4, 0.5) is 13.2 Å². The first-order valence-electron chi connectivity index (χ1n) is 4.66. The summed E-state index contributed by atoms with van der Waals surface area (Å²) in [5, 5.41) is 0. The van der Waals surface area contributed by atoms with E-state index in [1.807, 2.05) is 0 Å². The van der Waals surface area contributed by atoms with E-state index in [0.29, 0.717) is 0 Å². The van der Waals surface area contributed by atoms with Crippen LogP contribution in [0, 0.1) is 11.7 Å². The second-order valence-electron chi connectivity index (χ2n) is 3.59. The standard InChI is InChI=1S/C11H7F3O2/c12-8-3-1-2-5-6(8)4-7(9(5)15)10(16)11(13)14/h1-3,7,11H,4H2. The van der Waals surface area contributed by atoms with Crippen LogP contribution in [0.5, 0.6) is 0 Å². The molecule has 1 aromatic rings. The quantitative estimate of drug-likeness (QED) is 0.725. The van der Waals surface area contributed by atoms with Crippen LogP contribution >= 0.6 is 0 Å². The van der Waals surface area contributed by atoms with Crippen LogP contribution in [0.3, 0.4) is 0 Å². The molecule has 16 heavy (non-hydrogen) atoms. The molecular weight excluding hydrogens is 221 g/mol. The third kappa shape index (κ3) is 1.52. The monoisotopic (exact) mass is 228 g/mol. The molecule has 0 saturated heterocycles. The molecule has 0 aromatic heterocycles. The Bertz CT molecular complexity index is 468. The molecule has 2 rings (SSSR count). The molecule has 0 amide bonds. The summed E-state index contributed by atoms with van der Waals surface area (Å²) in [6, 6.07) is 3.81. The highest BCUT2D eigenvalue weighted by atomic mass is 19.3. The number of Topliss-reactive ketones (excluding diaryl/α,β-unsaturated/α-hetero) is 2. The maximum absolute atomic E-state index is 13.3. The van der Waals surface area contributed by atoms with Gasteiger partial charge in [-0.3, -0.25) is 9.59 Å². The zero-order valence-electron chi connectivity index (χ0n) is 8.04. The summed E-state index contributed by atoms with van der Waals surface area (Å²) in [6.45, 7) is 0. The minimum Gasteiger partial charge on any atom is -0.293 e. The first-order valence-corrected chi connectivity index (χ1v) is 4.66. The molecule has 0 N–H and O–H groups in total. The molecule has 1 aliphatic carbocycles. The van der Waals surface area contributed by atoms with E-state index in [1.165, 1.54) is 12.1 Å². The highest BCUT2D eigenvalue weighted by Crippen LogP contribution is 2.30. The average Bonchev–Trinajstić information content (AvgIpc) is 2.57. The molecule has 0 spiro atoms. The Morgan fingerprint density at radius 2 is 2.06 bits per heavy atom. The Hall–Kier alpha value is -1.65. The number of alkyl halides is 2. The van der Waals surface area contributed by atoms with E-state index in [9.17, 15) is 22.8 Å². The van der Waals surface area contributed by atoms with Crippen molar-refractivity contribution in [3.05, 3.63) is 35.1 Å². The van der Waals surface area contributed by atoms with Gasteiger partial charge in [-0.1, -0.05) is 12.1 Å². The van der Waals surface area contributed by atoms with Crippen molar-refractivity contribution in [1.82, 2.24) is 0 Å². The summed E-state index contributed by atoms with van der Waals surface area (Å²) in [5.74, 6) is -4.19. The Labute approximate surface area is 89.1 Å². The van der Waals surface area contributed by atoms with Crippen LogP contribution in [-0.4, -0.2) is 18.0 Å². The Morgan fingerprint density at radius 3 is 2.62 bits per heavy atom. The second-order valence-corrected chi connectivity index (χ2v) is 3.59. The minimum atomic E-state index is -3.19. The number of ketones is 2. The van der Waals surface area contributed by atoms with Crippen LogP contribution < -0.4 is 0 Å². The van der Waals surface area contributed by atoms with Gasteiger partial charge < -0.3 is 0 Å². The summed E-state index contributed by atoms with van der Waals surface area (Å²) in [5.41, 5.74) is 0.102. The normalized spacial score (nSPS) is 19.0. The van der Waals surface area contributed by atoms with E-state index in [0.717, 1.165) is 6.07 Å². The molecule has 1 aliphatic rings. The van der Waals surface area contributed by atoms with Crippen molar-refractivity contribution < 1.29 is 22.8 Å².